The zero-order valence-electron chi connectivity index (χ0n) is 13.5. The van der Waals surface area contributed by atoms with Gasteiger partial charge < -0.3 is 14.5 Å². The molecular formula is C18H14BrN3O2S. The maximum atomic E-state index is 9.50. The van der Waals surface area contributed by atoms with Gasteiger partial charge in [-0.05, 0) is 52.0 Å². The van der Waals surface area contributed by atoms with E-state index in [0.29, 0.717) is 21.6 Å². The average molecular weight is 416 g/mol. The number of thioether (sulfide) groups is 1. The number of hydrogen-bond donors (Lipinski definition) is 1. The molecule has 0 aliphatic rings. The summed E-state index contributed by atoms with van der Waals surface area (Å²) in [4.78, 5) is 8.18. The summed E-state index contributed by atoms with van der Waals surface area (Å²) in [5.74, 6) is 1.29. The van der Waals surface area contributed by atoms with Crippen molar-refractivity contribution < 1.29 is 9.47 Å². The van der Waals surface area contributed by atoms with Crippen LogP contribution in [0.5, 0.6) is 11.5 Å². The molecular weight excluding hydrogens is 402 g/mol. The molecule has 1 N–H and O–H groups in total. The monoisotopic (exact) mass is 415 g/mol. The quantitative estimate of drug-likeness (QED) is 0.468. The number of imidazole rings is 1. The molecule has 25 heavy (non-hydrogen) atoms. The predicted molar refractivity (Wildman–Crippen MR) is 103 cm³/mol. The van der Waals surface area contributed by atoms with Crippen LogP contribution in [0.1, 0.15) is 5.56 Å². The molecule has 126 valence electrons. The van der Waals surface area contributed by atoms with Crippen LogP contribution < -0.4 is 9.47 Å². The fraction of sp³-hybridized carbons (Fsp3) is 0.111. The number of hydrogen-bond acceptors (Lipinski definition) is 5. The second kappa shape index (κ2) is 7.64. The Labute approximate surface area is 157 Å². The summed E-state index contributed by atoms with van der Waals surface area (Å²) in [6, 6.07) is 13.6. The number of ether oxygens (including phenoxy) is 2. The molecule has 1 heterocycles. The minimum atomic E-state index is 0.495. The minimum Gasteiger partial charge on any atom is -0.496 e. The summed E-state index contributed by atoms with van der Waals surface area (Å²) >= 11 is 4.73. The second-order valence-corrected chi connectivity index (χ2v) is 6.90. The standard InChI is InChI=1S/C18H14BrN3O2S/c1-23-16-9-17(24-2)13(19)8-11(16)7-12(10-20)25-18-21-14-5-3-4-6-15(14)22-18/h3-9H,1-2H3,(H,21,22)/b12-7-. The average Bonchev–Trinajstić information content (AvgIpc) is 3.03. The lowest BCUT2D eigenvalue weighted by Gasteiger charge is -2.10. The first kappa shape index (κ1) is 17.4. The number of nitrogens with one attached hydrogen (secondary N) is 1. The zero-order chi connectivity index (χ0) is 17.8. The Morgan fingerprint density at radius 3 is 2.68 bits per heavy atom. The van der Waals surface area contributed by atoms with E-state index in [1.165, 1.54) is 11.8 Å². The van der Waals surface area contributed by atoms with Crippen LogP contribution in [-0.2, 0) is 0 Å². The van der Waals surface area contributed by atoms with Crippen LogP contribution in [0.25, 0.3) is 17.1 Å². The van der Waals surface area contributed by atoms with Gasteiger partial charge in [0.1, 0.15) is 17.6 Å². The molecule has 3 aromatic rings. The highest BCUT2D eigenvalue weighted by molar-refractivity contribution is 9.10. The van der Waals surface area contributed by atoms with Crippen molar-refractivity contribution in [1.82, 2.24) is 9.97 Å². The number of aromatic nitrogens is 2. The lowest BCUT2D eigenvalue weighted by atomic mass is 10.2. The number of halogens is 1. The van der Waals surface area contributed by atoms with Gasteiger partial charge in [-0.1, -0.05) is 12.1 Å². The number of methoxy groups -OCH3 is 2. The second-order valence-electron chi connectivity index (χ2n) is 5.01. The van der Waals surface area contributed by atoms with Gasteiger partial charge in [-0.25, -0.2) is 4.98 Å². The SMILES string of the molecule is COc1cc(OC)c(/C=C(/C#N)Sc2nc3ccccc3[nH]2)cc1Br. The van der Waals surface area contributed by atoms with E-state index < -0.39 is 0 Å². The van der Waals surface area contributed by atoms with Crippen molar-refractivity contribution in [2.75, 3.05) is 14.2 Å². The molecule has 0 spiro atoms. The van der Waals surface area contributed by atoms with Crippen LogP contribution in [0.2, 0.25) is 0 Å². The van der Waals surface area contributed by atoms with E-state index in [0.717, 1.165) is 21.1 Å². The third kappa shape index (κ3) is 3.81. The van der Waals surface area contributed by atoms with Crippen LogP contribution in [-0.4, -0.2) is 24.2 Å². The fourth-order valence-electron chi connectivity index (χ4n) is 2.30. The minimum absolute atomic E-state index is 0.495. The third-order valence-electron chi connectivity index (χ3n) is 3.48. The summed E-state index contributed by atoms with van der Waals surface area (Å²) < 4.78 is 11.5. The normalized spacial score (nSPS) is 11.4. The Hall–Kier alpha value is -2.43. The van der Waals surface area contributed by atoms with Gasteiger partial charge in [0.2, 0.25) is 0 Å². The third-order valence-corrected chi connectivity index (χ3v) is 4.91. The van der Waals surface area contributed by atoms with E-state index in [-0.39, 0.29) is 0 Å². The van der Waals surface area contributed by atoms with Gasteiger partial charge in [0.15, 0.2) is 5.16 Å². The summed E-state index contributed by atoms with van der Waals surface area (Å²) in [7, 11) is 3.17. The van der Waals surface area contributed by atoms with Crippen molar-refractivity contribution in [3.8, 4) is 17.6 Å². The topological polar surface area (TPSA) is 70.9 Å². The van der Waals surface area contributed by atoms with E-state index in [1.54, 1.807) is 26.4 Å². The van der Waals surface area contributed by atoms with Crippen molar-refractivity contribution in [3.63, 3.8) is 0 Å². The van der Waals surface area contributed by atoms with Crippen molar-refractivity contribution in [1.29, 1.82) is 5.26 Å². The first-order valence-corrected chi connectivity index (χ1v) is 8.91. The Morgan fingerprint density at radius 2 is 2.00 bits per heavy atom. The molecule has 1 aromatic heterocycles. The molecule has 0 amide bonds. The predicted octanol–water partition coefficient (Wildman–Crippen LogP) is 5.00. The molecule has 0 aliphatic heterocycles. The highest BCUT2D eigenvalue weighted by Crippen LogP contribution is 2.36. The summed E-state index contributed by atoms with van der Waals surface area (Å²) in [5, 5.41) is 10.2. The number of H-pyrrole nitrogens is 1. The van der Waals surface area contributed by atoms with E-state index in [2.05, 4.69) is 32.0 Å². The van der Waals surface area contributed by atoms with Gasteiger partial charge >= 0.3 is 0 Å². The molecule has 0 bridgehead atoms. The van der Waals surface area contributed by atoms with E-state index >= 15 is 0 Å². The molecule has 0 atom stereocenters. The van der Waals surface area contributed by atoms with E-state index in [4.69, 9.17) is 9.47 Å². The van der Waals surface area contributed by atoms with E-state index in [1.807, 2.05) is 30.3 Å². The van der Waals surface area contributed by atoms with Crippen molar-refractivity contribution in [2.24, 2.45) is 0 Å². The zero-order valence-corrected chi connectivity index (χ0v) is 15.9. The number of fused-ring (bicyclic) bond motifs is 1. The Morgan fingerprint density at radius 1 is 1.24 bits per heavy atom. The van der Waals surface area contributed by atoms with Crippen molar-refractivity contribution in [2.45, 2.75) is 5.16 Å². The van der Waals surface area contributed by atoms with Crippen LogP contribution in [0.4, 0.5) is 0 Å². The lowest BCUT2D eigenvalue weighted by Crippen LogP contribution is -1.91. The molecule has 0 fully saturated rings. The van der Waals surface area contributed by atoms with Crippen molar-refractivity contribution in [3.05, 3.63) is 51.3 Å². The van der Waals surface area contributed by atoms with Gasteiger partial charge in [0.05, 0.1) is 34.6 Å². The first-order chi connectivity index (χ1) is 12.1. The van der Waals surface area contributed by atoms with Crippen LogP contribution in [0.15, 0.2) is 50.9 Å². The van der Waals surface area contributed by atoms with Crippen LogP contribution in [0, 0.1) is 11.3 Å². The van der Waals surface area contributed by atoms with Gasteiger partial charge in [0.25, 0.3) is 0 Å². The number of aromatic amines is 1. The highest BCUT2D eigenvalue weighted by atomic mass is 79.9. The molecule has 3 rings (SSSR count). The summed E-state index contributed by atoms with van der Waals surface area (Å²) in [6.07, 6.45) is 1.76. The Kier molecular flexibility index (Phi) is 5.31. The van der Waals surface area contributed by atoms with E-state index in [9.17, 15) is 5.26 Å². The molecule has 7 heteroatoms. The molecule has 0 saturated carbocycles. The Bertz CT molecular complexity index is 959. The molecule has 0 saturated heterocycles. The number of nitriles is 1. The number of allylic oxidation sites excluding steroid dienone is 1. The number of nitrogens with zero attached hydrogens (tertiary/aromatic N) is 2. The number of para-hydroxylation sites is 2. The smallest absolute Gasteiger partial charge is 0.171 e. The molecule has 0 radical (unpaired) electrons. The lowest BCUT2D eigenvalue weighted by molar-refractivity contribution is 0.392. The summed E-state index contributed by atoms with van der Waals surface area (Å²) in [6.45, 7) is 0. The largest absolute Gasteiger partial charge is 0.496 e. The van der Waals surface area contributed by atoms with Crippen LogP contribution in [0.3, 0.4) is 0 Å². The number of rotatable bonds is 5. The summed E-state index contributed by atoms with van der Waals surface area (Å²) in [5.41, 5.74) is 2.58. The molecule has 2 aromatic carbocycles. The van der Waals surface area contributed by atoms with Gasteiger partial charge in [-0.15, -0.1) is 0 Å². The van der Waals surface area contributed by atoms with Gasteiger partial charge in [-0.3, -0.25) is 0 Å². The van der Waals surface area contributed by atoms with Gasteiger partial charge in [0, 0.05) is 11.6 Å². The van der Waals surface area contributed by atoms with Crippen molar-refractivity contribution >= 4 is 44.8 Å². The number of benzene rings is 2. The highest BCUT2D eigenvalue weighted by Gasteiger charge is 2.11. The Balaban J connectivity index is 1.95. The molecule has 0 unspecified atom stereocenters. The maximum Gasteiger partial charge on any atom is 0.171 e. The fourth-order valence-corrected chi connectivity index (χ4v) is 3.57. The molecule has 0 aliphatic carbocycles. The first-order valence-electron chi connectivity index (χ1n) is 7.30. The molecule has 5 nitrogen and oxygen atoms in total. The van der Waals surface area contributed by atoms with Crippen LogP contribution >= 0.6 is 27.7 Å². The van der Waals surface area contributed by atoms with Gasteiger partial charge in [-0.2, -0.15) is 5.26 Å². The maximum absolute atomic E-state index is 9.50.